The van der Waals surface area contributed by atoms with Crippen LogP contribution < -0.4 is 5.32 Å². The van der Waals surface area contributed by atoms with Gasteiger partial charge in [0.05, 0.1) is 13.2 Å². The first-order chi connectivity index (χ1) is 5.64. The van der Waals surface area contributed by atoms with E-state index in [0.717, 1.165) is 32.8 Å². The maximum absolute atomic E-state index is 5.29. The van der Waals surface area contributed by atoms with Gasteiger partial charge in [-0.15, -0.1) is 24.8 Å². The number of nitrogens with one attached hydrogen (secondary N) is 1. The minimum absolute atomic E-state index is 0. The van der Waals surface area contributed by atoms with Crippen molar-refractivity contribution >= 4 is 24.8 Å². The second-order valence-corrected chi connectivity index (χ2v) is 4.02. The van der Waals surface area contributed by atoms with Crippen molar-refractivity contribution < 1.29 is 4.74 Å². The zero-order chi connectivity index (χ0) is 9.03. The predicted molar refractivity (Wildman–Crippen MR) is 64.9 cm³/mol. The summed E-state index contributed by atoms with van der Waals surface area (Å²) in [6.45, 7) is 9.48. The fourth-order valence-corrected chi connectivity index (χ4v) is 1.40. The summed E-state index contributed by atoms with van der Waals surface area (Å²) in [5.74, 6) is 0. The van der Waals surface area contributed by atoms with Gasteiger partial charge in [0.25, 0.3) is 0 Å². The Bertz CT molecular complexity index is 139. The molecule has 5 heteroatoms. The summed E-state index contributed by atoms with van der Waals surface area (Å²) >= 11 is 0. The molecule has 1 N–H and O–H groups in total. The van der Waals surface area contributed by atoms with Crippen LogP contribution in [-0.4, -0.2) is 50.3 Å². The summed E-state index contributed by atoms with van der Waals surface area (Å²) in [6.07, 6.45) is 0. The van der Waals surface area contributed by atoms with E-state index in [1.54, 1.807) is 0 Å². The maximum Gasteiger partial charge on any atom is 0.0594 e. The molecule has 1 aliphatic heterocycles. The molecule has 0 unspecified atom stereocenters. The Kier molecular flexibility index (Phi) is 9.30. The number of nitrogens with zero attached hydrogens (tertiary/aromatic N) is 1. The van der Waals surface area contributed by atoms with Gasteiger partial charge in [0.2, 0.25) is 0 Å². The highest BCUT2D eigenvalue weighted by atomic mass is 35.5. The topological polar surface area (TPSA) is 24.5 Å². The van der Waals surface area contributed by atoms with Gasteiger partial charge < -0.3 is 10.1 Å². The van der Waals surface area contributed by atoms with Crippen molar-refractivity contribution in [1.82, 2.24) is 10.2 Å². The molecule has 3 nitrogen and oxygen atoms in total. The lowest BCUT2D eigenvalue weighted by Crippen LogP contribution is -2.50. The molecule has 0 amide bonds. The Morgan fingerprint density at radius 2 is 1.71 bits per heavy atom. The first-order valence-corrected chi connectivity index (χ1v) is 4.63. The largest absolute Gasteiger partial charge is 0.379 e. The summed E-state index contributed by atoms with van der Waals surface area (Å²) in [7, 11) is 2.01. The molecule has 1 rings (SSSR count). The first-order valence-electron chi connectivity index (χ1n) is 4.63. The van der Waals surface area contributed by atoms with Crippen LogP contribution in [0.1, 0.15) is 13.8 Å². The third-order valence-electron chi connectivity index (χ3n) is 2.40. The highest BCUT2D eigenvalue weighted by Gasteiger charge is 2.20. The summed E-state index contributed by atoms with van der Waals surface area (Å²) in [6, 6.07) is 0. The third-order valence-corrected chi connectivity index (χ3v) is 2.40. The molecule has 0 aliphatic carbocycles. The molecule has 0 atom stereocenters. The lowest BCUT2D eigenvalue weighted by Gasteiger charge is -2.34. The van der Waals surface area contributed by atoms with E-state index in [1.807, 2.05) is 7.05 Å². The van der Waals surface area contributed by atoms with E-state index in [4.69, 9.17) is 4.74 Å². The van der Waals surface area contributed by atoms with Crippen molar-refractivity contribution in [3.8, 4) is 0 Å². The van der Waals surface area contributed by atoms with E-state index in [-0.39, 0.29) is 30.4 Å². The monoisotopic (exact) mass is 244 g/mol. The van der Waals surface area contributed by atoms with Gasteiger partial charge in [-0.1, -0.05) is 0 Å². The summed E-state index contributed by atoms with van der Waals surface area (Å²) in [5.41, 5.74) is 0.220. The number of likely N-dealkylation sites (N-methyl/N-ethyl adjacent to an activating group) is 1. The van der Waals surface area contributed by atoms with E-state index in [1.165, 1.54) is 0 Å². The Labute approximate surface area is 99.4 Å². The number of hydrogen-bond acceptors (Lipinski definition) is 3. The highest BCUT2D eigenvalue weighted by molar-refractivity contribution is 5.85. The van der Waals surface area contributed by atoms with Crippen molar-refractivity contribution in [2.75, 3.05) is 39.9 Å². The van der Waals surface area contributed by atoms with E-state index < -0.39 is 0 Å². The second kappa shape index (κ2) is 7.71. The van der Waals surface area contributed by atoms with Crippen molar-refractivity contribution in [1.29, 1.82) is 0 Å². The van der Waals surface area contributed by atoms with Crippen LogP contribution in [-0.2, 0) is 4.74 Å². The molecule has 88 valence electrons. The number of halogens is 2. The fraction of sp³-hybridized carbons (Fsp3) is 1.00. The third kappa shape index (κ3) is 6.04. The molecule has 1 fully saturated rings. The van der Waals surface area contributed by atoms with Gasteiger partial charge >= 0.3 is 0 Å². The molecule has 1 heterocycles. The molecule has 0 spiro atoms. The van der Waals surface area contributed by atoms with Gasteiger partial charge in [0.15, 0.2) is 0 Å². The maximum atomic E-state index is 5.29. The Morgan fingerprint density at radius 3 is 2.14 bits per heavy atom. The Balaban J connectivity index is 0. The molecule has 0 saturated carbocycles. The lowest BCUT2D eigenvalue weighted by atomic mass is 10.1. The van der Waals surface area contributed by atoms with Crippen LogP contribution in [0.25, 0.3) is 0 Å². The van der Waals surface area contributed by atoms with Crippen LogP contribution >= 0.6 is 24.8 Å². The Hall–Kier alpha value is 0.460. The number of ether oxygens (including phenoxy) is 1. The quantitative estimate of drug-likeness (QED) is 0.807. The van der Waals surface area contributed by atoms with Crippen molar-refractivity contribution in [2.24, 2.45) is 0 Å². The Morgan fingerprint density at radius 1 is 1.21 bits per heavy atom. The number of morpholine rings is 1. The molecular formula is C9H22Cl2N2O. The summed E-state index contributed by atoms with van der Waals surface area (Å²) in [5, 5.41) is 3.31. The molecule has 0 aromatic rings. The SMILES string of the molecule is CNC(C)(C)CN1CCOCC1.Cl.Cl. The predicted octanol–water partition coefficient (Wildman–Crippen LogP) is 1.16. The van der Waals surface area contributed by atoms with Gasteiger partial charge in [-0.2, -0.15) is 0 Å². The molecular weight excluding hydrogens is 223 g/mol. The minimum atomic E-state index is 0. The minimum Gasteiger partial charge on any atom is -0.379 e. The van der Waals surface area contributed by atoms with Crippen LogP contribution in [0.15, 0.2) is 0 Å². The highest BCUT2D eigenvalue weighted by Crippen LogP contribution is 2.06. The standard InChI is InChI=1S/C9H20N2O.2ClH/c1-9(2,10-3)8-11-4-6-12-7-5-11;;/h10H,4-8H2,1-3H3;2*1H. The van der Waals surface area contributed by atoms with Gasteiger partial charge in [0.1, 0.15) is 0 Å². The van der Waals surface area contributed by atoms with E-state index in [2.05, 4.69) is 24.1 Å². The van der Waals surface area contributed by atoms with Crippen LogP contribution in [0, 0.1) is 0 Å². The average Bonchev–Trinajstić information content (AvgIpc) is 2.06. The van der Waals surface area contributed by atoms with Gasteiger partial charge in [-0.3, -0.25) is 4.90 Å². The lowest BCUT2D eigenvalue weighted by molar-refractivity contribution is 0.0277. The van der Waals surface area contributed by atoms with Crippen molar-refractivity contribution in [3.63, 3.8) is 0 Å². The normalized spacial score (nSPS) is 18.2. The van der Waals surface area contributed by atoms with E-state index >= 15 is 0 Å². The molecule has 1 aliphatic rings. The number of rotatable bonds is 3. The smallest absolute Gasteiger partial charge is 0.0594 e. The van der Waals surface area contributed by atoms with Gasteiger partial charge in [0, 0.05) is 25.2 Å². The van der Waals surface area contributed by atoms with Gasteiger partial charge in [-0.05, 0) is 20.9 Å². The first kappa shape index (κ1) is 16.9. The molecule has 0 radical (unpaired) electrons. The van der Waals surface area contributed by atoms with E-state index in [9.17, 15) is 0 Å². The van der Waals surface area contributed by atoms with Crippen molar-refractivity contribution in [3.05, 3.63) is 0 Å². The number of hydrogen-bond donors (Lipinski definition) is 1. The van der Waals surface area contributed by atoms with Crippen LogP contribution in [0.2, 0.25) is 0 Å². The summed E-state index contributed by atoms with van der Waals surface area (Å²) in [4.78, 5) is 2.44. The molecule has 0 bridgehead atoms. The second-order valence-electron chi connectivity index (χ2n) is 4.02. The average molecular weight is 245 g/mol. The molecule has 14 heavy (non-hydrogen) atoms. The van der Waals surface area contributed by atoms with Crippen molar-refractivity contribution in [2.45, 2.75) is 19.4 Å². The molecule has 0 aromatic carbocycles. The molecule has 0 aromatic heterocycles. The summed E-state index contributed by atoms with van der Waals surface area (Å²) < 4.78 is 5.29. The van der Waals surface area contributed by atoms with Crippen LogP contribution in [0.3, 0.4) is 0 Å². The van der Waals surface area contributed by atoms with Crippen LogP contribution in [0.5, 0.6) is 0 Å². The zero-order valence-corrected chi connectivity index (χ0v) is 10.8. The fourth-order valence-electron chi connectivity index (χ4n) is 1.40. The molecule has 1 saturated heterocycles. The van der Waals surface area contributed by atoms with Gasteiger partial charge in [-0.25, -0.2) is 0 Å². The van der Waals surface area contributed by atoms with E-state index in [0.29, 0.717) is 0 Å². The zero-order valence-electron chi connectivity index (χ0n) is 9.21. The van der Waals surface area contributed by atoms with Crippen LogP contribution in [0.4, 0.5) is 0 Å².